The van der Waals surface area contributed by atoms with E-state index in [-0.39, 0.29) is 12.2 Å². The molecule has 1 aromatic rings. The highest BCUT2D eigenvalue weighted by Crippen LogP contribution is 2.40. The van der Waals surface area contributed by atoms with Crippen molar-refractivity contribution in [3.05, 3.63) is 18.0 Å². The monoisotopic (exact) mass is 293 g/mol. The molecule has 21 heavy (non-hydrogen) atoms. The smallest absolute Gasteiger partial charge is 0.317 e. The number of hydrogen-bond acceptors (Lipinski definition) is 5. The first-order chi connectivity index (χ1) is 10.0. The molecule has 1 unspecified atom stereocenters. The Morgan fingerprint density at radius 1 is 1.38 bits per heavy atom. The molecule has 0 aliphatic heterocycles. The number of carbonyl (C=O) groups excluding carboxylic acids is 1. The quantitative estimate of drug-likeness (QED) is 0.834. The van der Waals surface area contributed by atoms with Crippen molar-refractivity contribution in [1.29, 1.82) is 0 Å². The van der Waals surface area contributed by atoms with Gasteiger partial charge in [0, 0.05) is 25.1 Å². The second kappa shape index (κ2) is 6.11. The number of aliphatic carboxylic acids is 1. The van der Waals surface area contributed by atoms with E-state index in [4.69, 9.17) is 9.47 Å². The maximum atomic E-state index is 12.2. The van der Waals surface area contributed by atoms with Crippen LogP contribution in [0.5, 0.6) is 11.5 Å². The number of methoxy groups -OCH3 is 2. The van der Waals surface area contributed by atoms with Gasteiger partial charge in [-0.05, 0) is 12.8 Å². The molecule has 0 amide bonds. The number of nitrogens with zero attached hydrogens (tertiary/aromatic N) is 1. The van der Waals surface area contributed by atoms with Crippen LogP contribution in [0.1, 0.15) is 31.4 Å². The molecule has 1 atom stereocenters. The van der Waals surface area contributed by atoms with Gasteiger partial charge in [-0.3, -0.25) is 14.6 Å². The number of carboxylic acids is 1. The molecule has 0 spiro atoms. The summed E-state index contributed by atoms with van der Waals surface area (Å²) in [6, 6.07) is 1.64. The summed E-state index contributed by atoms with van der Waals surface area (Å²) in [5.41, 5.74) is -0.959. The Morgan fingerprint density at radius 3 is 2.71 bits per heavy atom. The summed E-state index contributed by atoms with van der Waals surface area (Å²) in [4.78, 5) is 28.2. The molecular formula is C15H19NO5. The Bertz CT molecular complexity index is 557. The average molecular weight is 293 g/mol. The molecule has 1 aliphatic rings. The van der Waals surface area contributed by atoms with Gasteiger partial charge in [-0.2, -0.15) is 0 Å². The SMILES string of the molecule is COc1ccnc(CC2(C(=O)O)CCCCC2=O)c1OC. The summed E-state index contributed by atoms with van der Waals surface area (Å²) < 4.78 is 10.5. The molecule has 1 aliphatic carbocycles. The molecule has 0 saturated heterocycles. The van der Waals surface area contributed by atoms with Crippen molar-refractivity contribution in [3.8, 4) is 11.5 Å². The van der Waals surface area contributed by atoms with Gasteiger partial charge < -0.3 is 14.6 Å². The first kappa shape index (κ1) is 15.3. The van der Waals surface area contributed by atoms with Crippen LogP contribution in [0.2, 0.25) is 0 Å². The summed E-state index contributed by atoms with van der Waals surface area (Å²) in [6.45, 7) is 0. The predicted molar refractivity (Wildman–Crippen MR) is 74.6 cm³/mol. The summed E-state index contributed by atoms with van der Waals surface area (Å²) >= 11 is 0. The average Bonchev–Trinajstić information content (AvgIpc) is 2.49. The van der Waals surface area contributed by atoms with Gasteiger partial charge in [-0.1, -0.05) is 6.42 Å². The highest BCUT2D eigenvalue weighted by molar-refractivity contribution is 6.03. The van der Waals surface area contributed by atoms with E-state index in [1.807, 2.05) is 0 Å². The third kappa shape index (κ3) is 2.70. The molecule has 1 fully saturated rings. The Labute approximate surface area is 123 Å². The predicted octanol–water partition coefficient (Wildman–Crippen LogP) is 1.86. The second-order valence-corrected chi connectivity index (χ2v) is 5.19. The van der Waals surface area contributed by atoms with Crippen LogP contribution in [0.25, 0.3) is 0 Å². The molecule has 6 heteroatoms. The van der Waals surface area contributed by atoms with Crippen LogP contribution in [0, 0.1) is 5.41 Å². The van der Waals surface area contributed by atoms with E-state index in [2.05, 4.69) is 4.98 Å². The molecule has 0 bridgehead atoms. The highest BCUT2D eigenvalue weighted by atomic mass is 16.5. The van der Waals surface area contributed by atoms with Crippen LogP contribution in [0.3, 0.4) is 0 Å². The zero-order chi connectivity index (χ0) is 15.5. The van der Waals surface area contributed by atoms with Crippen molar-refractivity contribution in [2.24, 2.45) is 5.41 Å². The number of ketones is 1. The third-order valence-electron chi connectivity index (χ3n) is 4.04. The Kier molecular flexibility index (Phi) is 4.45. The van der Waals surface area contributed by atoms with E-state index in [0.29, 0.717) is 30.0 Å². The summed E-state index contributed by atoms with van der Waals surface area (Å²) in [7, 11) is 2.97. The molecule has 1 aromatic heterocycles. The number of pyridine rings is 1. The lowest BCUT2D eigenvalue weighted by Crippen LogP contribution is -2.43. The van der Waals surface area contributed by atoms with Crippen LogP contribution < -0.4 is 9.47 Å². The summed E-state index contributed by atoms with van der Waals surface area (Å²) in [6.07, 6.45) is 3.67. The van der Waals surface area contributed by atoms with E-state index in [1.54, 1.807) is 6.07 Å². The topological polar surface area (TPSA) is 85.7 Å². The van der Waals surface area contributed by atoms with Crippen LogP contribution in [-0.4, -0.2) is 36.1 Å². The van der Waals surface area contributed by atoms with E-state index in [0.717, 1.165) is 12.8 Å². The maximum Gasteiger partial charge on any atom is 0.317 e. The summed E-state index contributed by atoms with van der Waals surface area (Å²) in [5.74, 6) is -0.447. The van der Waals surface area contributed by atoms with Crippen molar-refractivity contribution in [2.45, 2.75) is 32.1 Å². The van der Waals surface area contributed by atoms with Crippen LogP contribution in [-0.2, 0) is 16.0 Å². The van der Waals surface area contributed by atoms with Crippen molar-refractivity contribution in [2.75, 3.05) is 14.2 Å². The number of rotatable bonds is 5. The Hall–Kier alpha value is -2.11. The van der Waals surface area contributed by atoms with Gasteiger partial charge in [0.2, 0.25) is 0 Å². The first-order valence-corrected chi connectivity index (χ1v) is 6.87. The third-order valence-corrected chi connectivity index (χ3v) is 4.04. The minimum atomic E-state index is -1.40. The standard InChI is InChI=1S/C15H19NO5/c1-20-11-6-8-16-10(13(11)21-2)9-15(14(18)19)7-4-3-5-12(15)17/h6,8H,3-5,7,9H2,1-2H3,(H,18,19). The normalized spacial score (nSPS) is 21.9. The molecule has 0 radical (unpaired) electrons. The fourth-order valence-electron chi connectivity index (χ4n) is 2.84. The van der Waals surface area contributed by atoms with Gasteiger partial charge >= 0.3 is 5.97 Å². The minimum absolute atomic E-state index is 0.0293. The fourth-order valence-corrected chi connectivity index (χ4v) is 2.84. The van der Waals surface area contributed by atoms with Crippen molar-refractivity contribution >= 4 is 11.8 Å². The molecule has 6 nitrogen and oxygen atoms in total. The maximum absolute atomic E-state index is 12.2. The number of ether oxygens (including phenoxy) is 2. The largest absolute Gasteiger partial charge is 0.493 e. The van der Waals surface area contributed by atoms with E-state index < -0.39 is 11.4 Å². The number of hydrogen-bond donors (Lipinski definition) is 1. The van der Waals surface area contributed by atoms with Gasteiger partial charge in [0.25, 0.3) is 0 Å². The van der Waals surface area contributed by atoms with Gasteiger partial charge in [-0.15, -0.1) is 0 Å². The highest BCUT2D eigenvalue weighted by Gasteiger charge is 2.47. The van der Waals surface area contributed by atoms with Crippen molar-refractivity contribution in [3.63, 3.8) is 0 Å². The molecule has 1 saturated carbocycles. The van der Waals surface area contributed by atoms with Crippen LogP contribution >= 0.6 is 0 Å². The molecule has 2 rings (SSSR count). The lowest BCUT2D eigenvalue weighted by atomic mass is 9.70. The number of aromatic nitrogens is 1. The van der Waals surface area contributed by atoms with E-state index >= 15 is 0 Å². The van der Waals surface area contributed by atoms with Crippen LogP contribution in [0.4, 0.5) is 0 Å². The Morgan fingerprint density at radius 2 is 2.14 bits per heavy atom. The molecular weight excluding hydrogens is 274 g/mol. The van der Waals surface area contributed by atoms with Gasteiger partial charge in [0.05, 0.1) is 19.9 Å². The van der Waals surface area contributed by atoms with Gasteiger partial charge in [-0.25, -0.2) is 0 Å². The number of carboxylic acid groups (broad SMARTS) is 1. The summed E-state index contributed by atoms with van der Waals surface area (Å²) in [5, 5.41) is 9.59. The van der Waals surface area contributed by atoms with Gasteiger partial charge in [0.1, 0.15) is 5.41 Å². The Balaban J connectivity index is 2.42. The molecule has 114 valence electrons. The van der Waals surface area contributed by atoms with Crippen LogP contribution in [0.15, 0.2) is 12.3 Å². The lowest BCUT2D eigenvalue weighted by Gasteiger charge is -2.31. The number of Topliss-reactive ketones (excluding diaryl/α,β-unsaturated/α-hetero) is 1. The lowest BCUT2D eigenvalue weighted by molar-refractivity contribution is -0.157. The second-order valence-electron chi connectivity index (χ2n) is 5.19. The molecule has 0 aromatic carbocycles. The zero-order valence-corrected chi connectivity index (χ0v) is 12.2. The van der Waals surface area contributed by atoms with Crippen molar-refractivity contribution < 1.29 is 24.2 Å². The fraction of sp³-hybridized carbons (Fsp3) is 0.533. The number of carbonyl (C=O) groups is 2. The first-order valence-electron chi connectivity index (χ1n) is 6.87. The van der Waals surface area contributed by atoms with E-state index in [9.17, 15) is 14.7 Å². The van der Waals surface area contributed by atoms with Crippen molar-refractivity contribution in [1.82, 2.24) is 4.98 Å². The minimum Gasteiger partial charge on any atom is -0.493 e. The van der Waals surface area contributed by atoms with E-state index in [1.165, 1.54) is 20.4 Å². The molecule has 1 heterocycles. The zero-order valence-electron chi connectivity index (χ0n) is 12.2. The molecule has 1 N–H and O–H groups in total. The van der Waals surface area contributed by atoms with Gasteiger partial charge in [0.15, 0.2) is 17.3 Å².